The zero-order valence-corrected chi connectivity index (χ0v) is 20.0. The molecule has 2 N–H and O–H groups in total. The summed E-state index contributed by atoms with van der Waals surface area (Å²) in [4.78, 5) is 14.2. The predicted octanol–water partition coefficient (Wildman–Crippen LogP) is 5.11. The standard InChI is InChI=1S/C27H28N4O2S/c1-19-17-31(14-15-33-19)26-22-10-4-5-11-23(22)29-27(30-26)28-16-20-8-2-6-12-24(20)34-25-13-7-3-9-21(25)18-32/h2-13,19,32H,14-18H2,1H3,(H,28,29,30). The third kappa shape index (κ3) is 5.01. The van der Waals surface area contributed by atoms with Crippen LogP contribution in [0.3, 0.4) is 0 Å². The van der Waals surface area contributed by atoms with E-state index in [1.165, 1.54) is 0 Å². The summed E-state index contributed by atoms with van der Waals surface area (Å²) in [6, 6.07) is 24.4. The van der Waals surface area contributed by atoms with E-state index in [0.29, 0.717) is 19.1 Å². The fourth-order valence-electron chi connectivity index (χ4n) is 4.17. The molecule has 174 valence electrons. The zero-order valence-electron chi connectivity index (χ0n) is 19.1. The summed E-state index contributed by atoms with van der Waals surface area (Å²) in [5.41, 5.74) is 3.00. The average molecular weight is 473 g/mol. The van der Waals surface area contributed by atoms with Gasteiger partial charge in [0.2, 0.25) is 5.95 Å². The maximum absolute atomic E-state index is 9.70. The van der Waals surface area contributed by atoms with Crippen LogP contribution >= 0.6 is 11.8 Å². The highest BCUT2D eigenvalue weighted by Crippen LogP contribution is 2.33. The molecule has 3 aromatic carbocycles. The van der Waals surface area contributed by atoms with Gasteiger partial charge in [-0.2, -0.15) is 4.98 Å². The van der Waals surface area contributed by atoms with Gasteiger partial charge in [-0.05, 0) is 42.3 Å². The average Bonchev–Trinajstić information content (AvgIpc) is 2.88. The minimum Gasteiger partial charge on any atom is -0.392 e. The van der Waals surface area contributed by atoms with Crippen molar-refractivity contribution < 1.29 is 9.84 Å². The van der Waals surface area contributed by atoms with Gasteiger partial charge < -0.3 is 20.1 Å². The molecule has 1 aliphatic rings. The van der Waals surface area contributed by atoms with Crippen molar-refractivity contribution in [3.8, 4) is 0 Å². The fourth-order valence-corrected chi connectivity index (χ4v) is 5.23. The number of nitrogens with zero attached hydrogens (tertiary/aromatic N) is 3. The molecule has 1 fully saturated rings. The van der Waals surface area contributed by atoms with Crippen molar-refractivity contribution in [1.82, 2.24) is 9.97 Å². The van der Waals surface area contributed by atoms with Crippen LogP contribution in [-0.4, -0.2) is 40.9 Å². The number of ether oxygens (including phenoxy) is 1. The first-order chi connectivity index (χ1) is 16.7. The number of hydrogen-bond donors (Lipinski definition) is 2. The summed E-state index contributed by atoms with van der Waals surface area (Å²) in [7, 11) is 0. The van der Waals surface area contributed by atoms with Crippen molar-refractivity contribution in [1.29, 1.82) is 0 Å². The second kappa shape index (κ2) is 10.4. The number of nitrogens with one attached hydrogen (secondary N) is 1. The topological polar surface area (TPSA) is 70.5 Å². The van der Waals surface area contributed by atoms with Gasteiger partial charge >= 0.3 is 0 Å². The van der Waals surface area contributed by atoms with E-state index in [9.17, 15) is 5.11 Å². The van der Waals surface area contributed by atoms with E-state index >= 15 is 0 Å². The molecule has 0 bridgehead atoms. The Balaban J connectivity index is 1.41. The lowest BCUT2D eigenvalue weighted by atomic mass is 10.2. The number of para-hydroxylation sites is 1. The number of hydrogen-bond acceptors (Lipinski definition) is 7. The lowest BCUT2D eigenvalue weighted by molar-refractivity contribution is 0.0530. The summed E-state index contributed by atoms with van der Waals surface area (Å²) in [6.45, 7) is 5.04. The van der Waals surface area contributed by atoms with E-state index in [1.807, 2.05) is 54.6 Å². The zero-order chi connectivity index (χ0) is 23.3. The van der Waals surface area contributed by atoms with Crippen molar-refractivity contribution in [3.05, 3.63) is 83.9 Å². The molecule has 4 aromatic rings. The lowest BCUT2D eigenvalue weighted by Gasteiger charge is -2.32. The second-order valence-electron chi connectivity index (χ2n) is 8.34. The van der Waals surface area contributed by atoms with Gasteiger partial charge in [0, 0.05) is 34.8 Å². The lowest BCUT2D eigenvalue weighted by Crippen LogP contribution is -2.41. The van der Waals surface area contributed by atoms with Gasteiger partial charge in [-0.1, -0.05) is 60.3 Å². The summed E-state index contributed by atoms with van der Waals surface area (Å²) in [5.74, 6) is 1.56. The summed E-state index contributed by atoms with van der Waals surface area (Å²) in [6.07, 6.45) is 0.171. The van der Waals surface area contributed by atoms with Crippen LogP contribution in [0.5, 0.6) is 0 Å². The highest BCUT2D eigenvalue weighted by atomic mass is 32.2. The Morgan fingerprint density at radius 2 is 1.68 bits per heavy atom. The molecule has 1 atom stereocenters. The van der Waals surface area contributed by atoms with Gasteiger partial charge in [-0.15, -0.1) is 0 Å². The Morgan fingerprint density at radius 3 is 2.47 bits per heavy atom. The van der Waals surface area contributed by atoms with Gasteiger partial charge in [0.05, 0.1) is 24.8 Å². The monoisotopic (exact) mass is 472 g/mol. The van der Waals surface area contributed by atoms with Crippen LogP contribution < -0.4 is 10.2 Å². The number of aliphatic hydroxyl groups excluding tert-OH is 1. The number of aromatic nitrogens is 2. The first-order valence-corrected chi connectivity index (χ1v) is 12.3. The molecule has 0 saturated carbocycles. The number of fused-ring (bicyclic) bond motifs is 1. The molecule has 1 saturated heterocycles. The number of anilines is 2. The minimum atomic E-state index is 0.0253. The third-order valence-corrected chi connectivity index (χ3v) is 7.13. The van der Waals surface area contributed by atoms with Crippen LogP contribution in [-0.2, 0) is 17.9 Å². The molecule has 1 unspecified atom stereocenters. The normalized spacial score (nSPS) is 16.1. The van der Waals surface area contributed by atoms with Crippen molar-refractivity contribution in [2.24, 2.45) is 0 Å². The smallest absolute Gasteiger partial charge is 0.225 e. The Hall–Kier alpha value is -3.13. The molecule has 1 aliphatic heterocycles. The third-order valence-electron chi connectivity index (χ3n) is 5.90. The van der Waals surface area contributed by atoms with Gasteiger partial charge in [0.1, 0.15) is 5.82 Å². The molecule has 1 aromatic heterocycles. The fraction of sp³-hybridized carbons (Fsp3) is 0.259. The molecule has 7 heteroatoms. The first kappa shape index (κ1) is 22.7. The highest BCUT2D eigenvalue weighted by molar-refractivity contribution is 7.99. The van der Waals surface area contributed by atoms with Gasteiger partial charge in [-0.3, -0.25) is 0 Å². The summed E-state index contributed by atoms with van der Waals surface area (Å²) < 4.78 is 5.74. The van der Waals surface area contributed by atoms with Crippen LogP contribution in [0.2, 0.25) is 0 Å². The van der Waals surface area contributed by atoms with E-state index < -0.39 is 0 Å². The Kier molecular flexibility index (Phi) is 6.94. The molecular formula is C27H28N4O2S. The van der Waals surface area contributed by atoms with Crippen LogP contribution in [0.1, 0.15) is 18.1 Å². The first-order valence-electron chi connectivity index (χ1n) is 11.5. The largest absolute Gasteiger partial charge is 0.392 e. The van der Waals surface area contributed by atoms with Crippen molar-refractivity contribution >= 4 is 34.4 Å². The predicted molar refractivity (Wildman–Crippen MR) is 137 cm³/mol. The maximum Gasteiger partial charge on any atom is 0.225 e. The quantitative estimate of drug-likeness (QED) is 0.387. The van der Waals surface area contributed by atoms with E-state index in [-0.39, 0.29) is 12.7 Å². The van der Waals surface area contributed by atoms with Gasteiger partial charge in [0.15, 0.2) is 0 Å². The van der Waals surface area contributed by atoms with Crippen molar-refractivity contribution in [2.45, 2.75) is 36.0 Å². The van der Waals surface area contributed by atoms with E-state index in [0.717, 1.165) is 50.7 Å². The number of morpholine rings is 1. The summed E-state index contributed by atoms with van der Waals surface area (Å²) in [5, 5.41) is 14.2. The highest BCUT2D eigenvalue weighted by Gasteiger charge is 2.21. The molecule has 5 rings (SSSR count). The Bertz CT molecular complexity index is 1280. The SMILES string of the molecule is CC1CN(c2nc(NCc3ccccc3Sc3ccccc3CO)nc3ccccc23)CCO1. The molecule has 2 heterocycles. The summed E-state index contributed by atoms with van der Waals surface area (Å²) >= 11 is 1.67. The number of benzene rings is 3. The molecular weight excluding hydrogens is 444 g/mol. The van der Waals surface area contributed by atoms with Crippen LogP contribution in [0.15, 0.2) is 82.6 Å². The molecule has 34 heavy (non-hydrogen) atoms. The van der Waals surface area contributed by atoms with Crippen LogP contribution in [0, 0.1) is 0 Å². The number of rotatable bonds is 7. The second-order valence-corrected chi connectivity index (χ2v) is 9.43. The van der Waals surface area contributed by atoms with E-state index in [2.05, 4.69) is 35.3 Å². The van der Waals surface area contributed by atoms with Crippen molar-refractivity contribution in [3.63, 3.8) is 0 Å². The van der Waals surface area contributed by atoms with Gasteiger partial charge in [0.25, 0.3) is 0 Å². The van der Waals surface area contributed by atoms with E-state index in [4.69, 9.17) is 14.7 Å². The Morgan fingerprint density at radius 1 is 0.971 bits per heavy atom. The van der Waals surface area contributed by atoms with Crippen LogP contribution in [0.25, 0.3) is 10.9 Å². The minimum absolute atomic E-state index is 0.0253. The van der Waals surface area contributed by atoms with Gasteiger partial charge in [-0.25, -0.2) is 4.98 Å². The molecule has 6 nitrogen and oxygen atoms in total. The Labute approximate surface area is 204 Å². The molecule has 0 aliphatic carbocycles. The maximum atomic E-state index is 9.70. The molecule has 0 amide bonds. The number of aliphatic hydroxyl groups is 1. The molecule has 0 radical (unpaired) electrons. The van der Waals surface area contributed by atoms with E-state index in [1.54, 1.807) is 11.8 Å². The molecule has 0 spiro atoms. The van der Waals surface area contributed by atoms with Crippen molar-refractivity contribution in [2.75, 3.05) is 29.9 Å². The van der Waals surface area contributed by atoms with Crippen LogP contribution in [0.4, 0.5) is 11.8 Å².